The summed E-state index contributed by atoms with van der Waals surface area (Å²) in [5.41, 5.74) is -0.148. The fraction of sp³-hybridized carbons (Fsp3) is 1.00. The summed E-state index contributed by atoms with van der Waals surface area (Å²) in [5, 5.41) is 0. The van der Waals surface area contributed by atoms with E-state index < -0.39 is 10.2 Å². The number of hydrogen-bond acceptors (Lipinski definition) is 5. The van der Waals surface area contributed by atoms with Crippen molar-refractivity contribution in [3.8, 4) is 0 Å². The van der Waals surface area contributed by atoms with E-state index in [9.17, 15) is 8.42 Å². The van der Waals surface area contributed by atoms with E-state index in [4.69, 9.17) is 9.47 Å². The maximum atomic E-state index is 12.9. The lowest BCUT2D eigenvalue weighted by molar-refractivity contribution is -0.124. The van der Waals surface area contributed by atoms with Crippen molar-refractivity contribution >= 4 is 10.2 Å². The molecule has 8 heteroatoms. The molecule has 0 unspecified atom stereocenters. The normalized spacial score (nSPS) is 28.4. The minimum absolute atomic E-state index is 0.148. The lowest BCUT2D eigenvalue weighted by Gasteiger charge is -2.47. The van der Waals surface area contributed by atoms with Gasteiger partial charge in [-0.05, 0) is 38.6 Å². The Morgan fingerprint density at radius 2 is 1.71 bits per heavy atom. The Hall–Kier alpha value is -0.250. The molecule has 0 radical (unpaired) electrons. The van der Waals surface area contributed by atoms with Gasteiger partial charge in [-0.2, -0.15) is 17.0 Å². The minimum atomic E-state index is -3.34. The first-order chi connectivity index (χ1) is 11.5. The van der Waals surface area contributed by atoms with Gasteiger partial charge in [-0.3, -0.25) is 0 Å². The highest BCUT2D eigenvalue weighted by atomic mass is 32.2. The fourth-order valence-corrected chi connectivity index (χ4v) is 5.81. The molecule has 0 atom stereocenters. The van der Waals surface area contributed by atoms with E-state index in [2.05, 4.69) is 11.9 Å². The lowest BCUT2D eigenvalue weighted by atomic mass is 9.90. The van der Waals surface area contributed by atoms with Crippen molar-refractivity contribution in [2.75, 3.05) is 66.6 Å². The van der Waals surface area contributed by atoms with E-state index >= 15 is 0 Å². The zero-order chi connectivity index (χ0) is 17.2. The summed E-state index contributed by atoms with van der Waals surface area (Å²) in [5.74, 6) is 0.484. The number of piperidine rings is 2. The highest BCUT2D eigenvalue weighted by Gasteiger charge is 2.43. The molecule has 7 nitrogen and oxygen atoms in total. The number of morpholine rings is 1. The molecule has 1 spiro atoms. The Balaban J connectivity index is 1.55. The average Bonchev–Trinajstić information content (AvgIpc) is 2.56. The minimum Gasteiger partial charge on any atom is -0.384 e. The van der Waals surface area contributed by atoms with Crippen molar-refractivity contribution in [2.45, 2.75) is 31.3 Å². The van der Waals surface area contributed by atoms with Gasteiger partial charge in [0.25, 0.3) is 10.2 Å². The second-order valence-electron chi connectivity index (χ2n) is 7.47. The molecule has 0 aromatic rings. The Labute approximate surface area is 146 Å². The number of likely N-dealkylation sites (N-methyl/N-ethyl adjacent to an activating group) is 1. The van der Waals surface area contributed by atoms with Crippen molar-refractivity contribution in [2.24, 2.45) is 5.92 Å². The predicted molar refractivity (Wildman–Crippen MR) is 92.1 cm³/mol. The molecule has 3 rings (SSSR count). The second-order valence-corrected chi connectivity index (χ2v) is 9.40. The van der Waals surface area contributed by atoms with Crippen LogP contribution in [0, 0.1) is 5.92 Å². The SMILES string of the molecule is COCC1CCN(S(=O)(=O)N2CCC3(CC2)CN(C)CCO3)CC1. The van der Waals surface area contributed by atoms with Crippen molar-refractivity contribution in [3.05, 3.63) is 0 Å². The van der Waals surface area contributed by atoms with Gasteiger partial charge in [0.15, 0.2) is 0 Å². The van der Waals surface area contributed by atoms with E-state index in [1.807, 2.05) is 0 Å². The maximum Gasteiger partial charge on any atom is 0.281 e. The largest absolute Gasteiger partial charge is 0.384 e. The summed E-state index contributed by atoms with van der Waals surface area (Å²) in [4.78, 5) is 2.29. The van der Waals surface area contributed by atoms with Crippen LogP contribution in [0.5, 0.6) is 0 Å². The molecule has 0 bridgehead atoms. The first kappa shape index (κ1) is 18.5. The fourth-order valence-electron chi connectivity index (χ4n) is 4.17. The topological polar surface area (TPSA) is 62.3 Å². The van der Waals surface area contributed by atoms with Gasteiger partial charge in [0.05, 0.1) is 12.2 Å². The van der Waals surface area contributed by atoms with E-state index in [0.717, 1.165) is 52.0 Å². The third-order valence-electron chi connectivity index (χ3n) is 5.70. The third-order valence-corrected chi connectivity index (χ3v) is 7.74. The van der Waals surface area contributed by atoms with Crippen LogP contribution in [0.15, 0.2) is 0 Å². The van der Waals surface area contributed by atoms with Crippen molar-refractivity contribution < 1.29 is 17.9 Å². The summed E-state index contributed by atoms with van der Waals surface area (Å²) in [6, 6.07) is 0. The third kappa shape index (κ3) is 3.94. The monoisotopic (exact) mass is 361 g/mol. The van der Waals surface area contributed by atoms with Crippen LogP contribution in [0.3, 0.4) is 0 Å². The van der Waals surface area contributed by atoms with Crippen LogP contribution in [-0.4, -0.2) is 94.2 Å². The molecule has 140 valence electrons. The molecule has 3 aliphatic heterocycles. The highest BCUT2D eigenvalue weighted by molar-refractivity contribution is 7.86. The van der Waals surface area contributed by atoms with Crippen LogP contribution >= 0.6 is 0 Å². The molecule has 0 aromatic carbocycles. The number of rotatable bonds is 4. The Morgan fingerprint density at radius 1 is 1.08 bits per heavy atom. The first-order valence-electron chi connectivity index (χ1n) is 9.02. The molecule has 3 fully saturated rings. The van der Waals surface area contributed by atoms with Gasteiger partial charge in [-0.15, -0.1) is 0 Å². The maximum absolute atomic E-state index is 12.9. The van der Waals surface area contributed by atoms with Crippen molar-refractivity contribution in [1.29, 1.82) is 0 Å². The predicted octanol–water partition coefficient (Wildman–Crippen LogP) is 0.386. The Bertz CT molecular complexity index is 511. The summed E-state index contributed by atoms with van der Waals surface area (Å²) in [7, 11) is 0.479. The average molecular weight is 362 g/mol. The molecule has 3 heterocycles. The number of methoxy groups -OCH3 is 1. The Morgan fingerprint density at radius 3 is 2.29 bits per heavy atom. The summed E-state index contributed by atoms with van der Waals surface area (Å²) >= 11 is 0. The smallest absolute Gasteiger partial charge is 0.281 e. The van der Waals surface area contributed by atoms with Crippen LogP contribution in [0.1, 0.15) is 25.7 Å². The zero-order valence-electron chi connectivity index (χ0n) is 14.9. The molecule has 0 aliphatic carbocycles. The van der Waals surface area contributed by atoms with E-state index in [1.54, 1.807) is 15.7 Å². The van der Waals surface area contributed by atoms with Gasteiger partial charge in [0.2, 0.25) is 0 Å². The summed E-state index contributed by atoms with van der Waals surface area (Å²) in [6.07, 6.45) is 3.35. The van der Waals surface area contributed by atoms with Gasteiger partial charge >= 0.3 is 0 Å². The van der Waals surface area contributed by atoms with E-state index in [1.165, 1.54) is 0 Å². The summed E-state index contributed by atoms with van der Waals surface area (Å²) < 4.78 is 40.4. The van der Waals surface area contributed by atoms with Crippen LogP contribution in [0.2, 0.25) is 0 Å². The van der Waals surface area contributed by atoms with Crippen LogP contribution < -0.4 is 0 Å². The molecular weight excluding hydrogens is 330 g/mol. The van der Waals surface area contributed by atoms with E-state index in [-0.39, 0.29) is 5.60 Å². The standard InChI is InChI=1S/C16H31N3O4S/c1-17-11-12-23-16(14-17)5-9-19(10-6-16)24(20,21)18-7-3-15(4-8-18)13-22-2/h15H,3-14H2,1-2H3. The van der Waals surface area contributed by atoms with Gasteiger partial charge < -0.3 is 14.4 Å². The van der Waals surface area contributed by atoms with E-state index in [0.29, 0.717) is 32.1 Å². The number of hydrogen-bond donors (Lipinski definition) is 0. The van der Waals surface area contributed by atoms with Gasteiger partial charge in [-0.25, -0.2) is 0 Å². The lowest BCUT2D eigenvalue weighted by Crippen LogP contribution is -2.58. The van der Waals surface area contributed by atoms with Crippen molar-refractivity contribution in [1.82, 2.24) is 13.5 Å². The highest BCUT2D eigenvalue weighted by Crippen LogP contribution is 2.32. The molecule has 24 heavy (non-hydrogen) atoms. The molecule has 0 saturated carbocycles. The molecule has 0 amide bonds. The first-order valence-corrected chi connectivity index (χ1v) is 10.4. The van der Waals surface area contributed by atoms with Crippen LogP contribution in [0.25, 0.3) is 0 Å². The van der Waals surface area contributed by atoms with Crippen LogP contribution in [0.4, 0.5) is 0 Å². The number of nitrogens with zero attached hydrogens (tertiary/aromatic N) is 3. The quantitative estimate of drug-likeness (QED) is 0.725. The Kier molecular flexibility index (Phi) is 5.83. The van der Waals surface area contributed by atoms with Gasteiger partial charge in [0.1, 0.15) is 0 Å². The molecule has 0 aromatic heterocycles. The second kappa shape index (κ2) is 7.55. The van der Waals surface area contributed by atoms with Gasteiger partial charge in [-0.1, -0.05) is 0 Å². The molecule has 3 aliphatic rings. The van der Waals surface area contributed by atoms with Crippen LogP contribution in [-0.2, 0) is 19.7 Å². The van der Waals surface area contributed by atoms with Crippen molar-refractivity contribution in [3.63, 3.8) is 0 Å². The molecular formula is C16H31N3O4S. The zero-order valence-corrected chi connectivity index (χ0v) is 15.8. The molecule has 0 N–H and O–H groups in total. The molecule has 3 saturated heterocycles. The number of ether oxygens (including phenoxy) is 2. The summed E-state index contributed by atoms with van der Waals surface area (Å²) in [6.45, 7) is 5.68. The van der Waals surface area contributed by atoms with Gasteiger partial charge in [0, 0.05) is 53.0 Å².